The van der Waals surface area contributed by atoms with Crippen molar-refractivity contribution in [2.24, 2.45) is 16.7 Å². The first-order valence-electron chi connectivity index (χ1n) is 9.73. The summed E-state index contributed by atoms with van der Waals surface area (Å²) in [6, 6.07) is 10.6. The Labute approximate surface area is 171 Å². The third kappa shape index (κ3) is 6.14. The lowest BCUT2D eigenvalue weighted by Gasteiger charge is -2.14. The van der Waals surface area contributed by atoms with Gasteiger partial charge in [0.1, 0.15) is 23.1 Å². The molecule has 0 aliphatic heterocycles. The van der Waals surface area contributed by atoms with Crippen LogP contribution < -0.4 is 21.1 Å². The van der Waals surface area contributed by atoms with Crippen molar-refractivity contribution in [1.29, 1.82) is 0 Å². The first-order valence-corrected chi connectivity index (χ1v) is 9.73. The molecule has 0 unspecified atom stereocenters. The van der Waals surface area contributed by atoms with Crippen LogP contribution in [0.4, 0.5) is 0 Å². The van der Waals surface area contributed by atoms with E-state index >= 15 is 0 Å². The molecule has 29 heavy (non-hydrogen) atoms. The van der Waals surface area contributed by atoms with E-state index in [1.165, 1.54) is 6.92 Å². The molecule has 2 rings (SSSR count). The molecule has 0 saturated heterocycles. The zero-order valence-electron chi connectivity index (χ0n) is 17.0. The summed E-state index contributed by atoms with van der Waals surface area (Å²) in [7, 11) is 0. The first-order chi connectivity index (χ1) is 14.0. The molecular weight excluding hydrogens is 370 g/mol. The lowest BCUT2D eigenvalue weighted by Crippen LogP contribution is -2.15. The van der Waals surface area contributed by atoms with Crippen LogP contribution in [0.25, 0.3) is 0 Å². The number of carbonyl (C=O) groups excluding carboxylic acids is 1. The molecule has 0 bridgehead atoms. The first kappa shape index (κ1) is 22.1. The van der Waals surface area contributed by atoms with Gasteiger partial charge in [-0.05, 0) is 50.5 Å². The van der Waals surface area contributed by atoms with Crippen molar-refractivity contribution in [3.8, 4) is 17.2 Å². The van der Waals surface area contributed by atoms with E-state index in [4.69, 9.17) is 21.1 Å². The number of phenolic OH excluding ortho intramolecular Hbond substituents is 1. The van der Waals surface area contributed by atoms with Crippen molar-refractivity contribution in [3.63, 3.8) is 0 Å². The van der Waals surface area contributed by atoms with Crippen molar-refractivity contribution in [1.82, 2.24) is 0 Å². The molecule has 0 saturated carbocycles. The minimum Gasteiger partial charge on any atom is -0.507 e. The average molecular weight is 399 g/mol. The van der Waals surface area contributed by atoms with E-state index in [-0.39, 0.29) is 17.4 Å². The topological polar surface area (TPSA) is 120 Å². The number of rotatable bonds is 11. The van der Waals surface area contributed by atoms with Gasteiger partial charge in [0.25, 0.3) is 0 Å². The highest BCUT2D eigenvalue weighted by Gasteiger charge is 2.15. The molecule has 0 aliphatic carbocycles. The fourth-order valence-electron chi connectivity index (χ4n) is 2.92. The number of hydrogen-bond acceptors (Lipinski definition) is 6. The number of ketones is 1. The molecule has 156 valence electrons. The van der Waals surface area contributed by atoms with Gasteiger partial charge in [-0.1, -0.05) is 25.5 Å². The smallest absolute Gasteiger partial charge is 0.163 e. The zero-order chi connectivity index (χ0) is 21.2. The predicted molar refractivity (Wildman–Crippen MR) is 114 cm³/mol. The number of hydrogen-bond donors (Lipinski definition) is 3. The lowest BCUT2D eigenvalue weighted by atomic mass is 10.0. The summed E-state index contributed by atoms with van der Waals surface area (Å²) in [6.07, 6.45) is 3.08. The normalized spacial score (nSPS) is 11.3. The van der Waals surface area contributed by atoms with Crippen LogP contribution in [0.5, 0.6) is 17.2 Å². The molecule has 0 heterocycles. The Morgan fingerprint density at radius 2 is 1.86 bits per heavy atom. The van der Waals surface area contributed by atoms with E-state index in [2.05, 4.69) is 5.10 Å². The summed E-state index contributed by atoms with van der Waals surface area (Å²) in [5.41, 5.74) is 7.43. The maximum atomic E-state index is 11.6. The fraction of sp³-hybridized carbons (Fsp3) is 0.364. The summed E-state index contributed by atoms with van der Waals surface area (Å²) >= 11 is 0. The Bertz CT molecular complexity index is 865. The molecule has 7 nitrogen and oxygen atoms in total. The number of carbonyl (C=O) groups is 1. The summed E-state index contributed by atoms with van der Waals surface area (Å²) in [5.74, 6) is 6.64. The highest BCUT2D eigenvalue weighted by atomic mass is 16.5. The molecule has 2 aromatic rings. The second-order valence-electron chi connectivity index (χ2n) is 6.69. The minimum atomic E-state index is -0.160. The van der Waals surface area contributed by atoms with E-state index in [1.807, 2.05) is 25.1 Å². The van der Waals surface area contributed by atoms with E-state index in [9.17, 15) is 9.90 Å². The number of Topliss-reactive ketones (excluding diaryl/α,β-unsaturated/α-hetero) is 1. The third-order valence-corrected chi connectivity index (χ3v) is 4.45. The molecule has 0 aliphatic rings. The van der Waals surface area contributed by atoms with Gasteiger partial charge in [0.2, 0.25) is 0 Å². The van der Waals surface area contributed by atoms with Crippen LogP contribution in [-0.2, 0) is 6.42 Å². The quantitative estimate of drug-likeness (QED) is 0.133. The molecule has 0 aromatic heterocycles. The van der Waals surface area contributed by atoms with Crippen LogP contribution >= 0.6 is 0 Å². The number of unbranched alkanes of at least 4 members (excludes halogenated alkanes) is 1. The highest BCUT2D eigenvalue weighted by Crippen LogP contribution is 2.33. The number of aromatic hydroxyl groups is 1. The van der Waals surface area contributed by atoms with Crippen LogP contribution in [0.3, 0.4) is 0 Å². The van der Waals surface area contributed by atoms with Gasteiger partial charge in [-0.25, -0.2) is 0 Å². The summed E-state index contributed by atoms with van der Waals surface area (Å²) < 4.78 is 11.6. The van der Waals surface area contributed by atoms with Crippen LogP contribution in [0.15, 0.2) is 41.5 Å². The van der Waals surface area contributed by atoms with Crippen LogP contribution in [0.1, 0.15) is 54.6 Å². The van der Waals surface area contributed by atoms with Gasteiger partial charge in [0.05, 0.1) is 18.8 Å². The Kier molecular flexibility index (Phi) is 8.33. The Balaban J connectivity index is 1.84. The zero-order valence-corrected chi connectivity index (χ0v) is 17.0. The Morgan fingerprint density at radius 1 is 1.14 bits per heavy atom. The summed E-state index contributed by atoms with van der Waals surface area (Å²) in [6.45, 7) is 4.48. The molecule has 2 aromatic carbocycles. The second-order valence-corrected chi connectivity index (χ2v) is 6.69. The van der Waals surface area contributed by atoms with E-state index < -0.39 is 0 Å². The van der Waals surface area contributed by atoms with E-state index in [1.54, 1.807) is 18.2 Å². The molecule has 0 atom stereocenters. The van der Waals surface area contributed by atoms with E-state index in [0.29, 0.717) is 47.8 Å². The molecule has 0 radical (unpaired) electrons. The largest absolute Gasteiger partial charge is 0.507 e. The standard InChI is InChI=1S/C22H29N3O4/c1-3-7-19-20(11-10-18(15(2)26)21(19)27)29-13-5-4-12-28-17-9-6-8-16(14-17)22(23)25-24/h6,8-11,14,27H,3-5,7,12-13,24H2,1-2H3,(H2,23,25). The maximum absolute atomic E-state index is 11.6. The molecular formula is C22H29N3O4. The van der Waals surface area contributed by atoms with Crippen molar-refractivity contribution in [2.45, 2.75) is 39.5 Å². The van der Waals surface area contributed by atoms with Gasteiger partial charge >= 0.3 is 0 Å². The molecule has 0 fully saturated rings. The van der Waals surface area contributed by atoms with Gasteiger partial charge in [0.15, 0.2) is 5.78 Å². The number of phenols is 1. The number of amidine groups is 1. The fourth-order valence-corrected chi connectivity index (χ4v) is 2.92. The second kappa shape index (κ2) is 10.9. The predicted octanol–water partition coefficient (Wildman–Crippen LogP) is 3.36. The summed E-state index contributed by atoms with van der Waals surface area (Å²) in [4.78, 5) is 11.6. The lowest BCUT2D eigenvalue weighted by molar-refractivity contribution is 0.101. The third-order valence-electron chi connectivity index (χ3n) is 4.45. The van der Waals surface area contributed by atoms with Gasteiger partial charge in [0, 0.05) is 11.1 Å². The van der Waals surface area contributed by atoms with Crippen molar-refractivity contribution in [2.75, 3.05) is 13.2 Å². The molecule has 0 spiro atoms. The minimum absolute atomic E-state index is 0.0281. The molecule has 7 heteroatoms. The SMILES string of the molecule is CCCc1c(OCCCCOc2cccc(/C(N)=N/N)c2)ccc(C(C)=O)c1O. The maximum Gasteiger partial charge on any atom is 0.163 e. The number of benzene rings is 2. The average Bonchev–Trinajstić information content (AvgIpc) is 2.72. The van der Waals surface area contributed by atoms with E-state index in [0.717, 1.165) is 19.3 Å². The summed E-state index contributed by atoms with van der Waals surface area (Å²) in [5, 5.41) is 13.8. The van der Waals surface area contributed by atoms with Crippen LogP contribution in [-0.4, -0.2) is 29.9 Å². The van der Waals surface area contributed by atoms with Gasteiger partial charge in [-0.2, -0.15) is 5.10 Å². The van der Waals surface area contributed by atoms with Crippen molar-refractivity contribution in [3.05, 3.63) is 53.1 Å². The number of nitrogens with zero attached hydrogens (tertiary/aromatic N) is 1. The van der Waals surface area contributed by atoms with Gasteiger partial charge in [-0.15, -0.1) is 0 Å². The Hall–Kier alpha value is -3.22. The van der Waals surface area contributed by atoms with Crippen molar-refractivity contribution >= 4 is 11.6 Å². The number of ether oxygens (including phenoxy) is 2. The van der Waals surface area contributed by atoms with Crippen LogP contribution in [0.2, 0.25) is 0 Å². The van der Waals surface area contributed by atoms with Gasteiger partial charge in [-0.3, -0.25) is 4.79 Å². The number of hydrazone groups is 1. The molecule has 0 amide bonds. The molecule has 5 N–H and O–H groups in total. The van der Waals surface area contributed by atoms with Gasteiger partial charge < -0.3 is 26.2 Å². The monoisotopic (exact) mass is 399 g/mol. The number of nitrogens with two attached hydrogens (primary N) is 2. The van der Waals surface area contributed by atoms with Crippen molar-refractivity contribution < 1.29 is 19.4 Å². The Morgan fingerprint density at radius 3 is 2.52 bits per heavy atom. The van der Waals surface area contributed by atoms with Crippen LogP contribution in [0, 0.1) is 0 Å². The highest BCUT2D eigenvalue weighted by molar-refractivity contribution is 5.98.